The molecule has 1 heterocycles. The Kier molecular flexibility index (Phi) is 6.82. The fourth-order valence-electron chi connectivity index (χ4n) is 2.50. The third-order valence-corrected chi connectivity index (χ3v) is 5.94. The Labute approximate surface area is 153 Å². The van der Waals surface area contributed by atoms with Gasteiger partial charge < -0.3 is 0 Å². The molecule has 0 amide bonds. The van der Waals surface area contributed by atoms with Crippen LogP contribution >= 0.6 is 11.8 Å². The molecule has 0 radical (unpaired) electrons. The second kappa shape index (κ2) is 8.65. The molecule has 1 N–H and O–H groups in total. The topological polar surface area (TPSA) is 82.8 Å². The molecule has 5 nitrogen and oxygen atoms in total. The van der Waals surface area contributed by atoms with E-state index in [2.05, 4.69) is 41.8 Å². The van der Waals surface area contributed by atoms with Crippen LogP contribution in [-0.2, 0) is 10.0 Å². The Hall–Kier alpha value is -1.62. The van der Waals surface area contributed by atoms with E-state index < -0.39 is 10.0 Å². The maximum Gasteiger partial charge on any atom is 0.208 e. The van der Waals surface area contributed by atoms with Crippen molar-refractivity contribution in [3.05, 3.63) is 35.0 Å². The highest BCUT2D eigenvalue weighted by molar-refractivity contribution is 7.99. The number of hydrogen-bond donors (Lipinski definition) is 1. The number of nitrogens with zero attached hydrogens (tertiary/aromatic N) is 2. The van der Waals surface area contributed by atoms with E-state index in [1.807, 2.05) is 0 Å². The summed E-state index contributed by atoms with van der Waals surface area (Å²) in [5.41, 5.74) is 3.92. The number of pyridine rings is 1. The molecule has 0 fully saturated rings. The maximum atomic E-state index is 11.0. The summed E-state index contributed by atoms with van der Waals surface area (Å²) < 4.78 is 24.5. The van der Waals surface area contributed by atoms with Gasteiger partial charge in [0, 0.05) is 23.0 Å². The van der Waals surface area contributed by atoms with Crippen molar-refractivity contribution in [2.24, 2.45) is 0 Å². The smallest absolute Gasteiger partial charge is 0.208 e. The van der Waals surface area contributed by atoms with E-state index in [1.165, 1.54) is 17.4 Å². The van der Waals surface area contributed by atoms with Crippen LogP contribution in [0.4, 0.5) is 0 Å². The molecule has 0 unspecified atom stereocenters. The van der Waals surface area contributed by atoms with Crippen molar-refractivity contribution in [1.82, 2.24) is 9.71 Å². The minimum atomic E-state index is -3.10. The lowest BCUT2D eigenvalue weighted by Crippen LogP contribution is -2.22. The summed E-state index contributed by atoms with van der Waals surface area (Å²) in [7, 11) is -3.10. The lowest BCUT2D eigenvalue weighted by molar-refractivity contribution is 0.582. The Balaban J connectivity index is 2.00. The highest BCUT2D eigenvalue weighted by Crippen LogP contribution is 2.32. The largest absolute Gasteiger partial charge is 0.255 e. The van der Waals surface area contributed by atoms with Crippen LogP contribution in [0.3, 0.4) is 0 Å². The molecule has 2 rings (SSSR count). The fraction of sp³-hybridized carbons (Fsp3) is 0.444. The lowest BCUT2D eigenvalue weighted by atomic mass is 10.1. The lowest BCUT2D eigenvalue weighted by Gasteiger charge is -2.10. The van der Waals surface area contributed by atoms with E-state index in [4.69, 9.17) is 0 Å². The first-order chi connectivity index (χ1) is 11.8. The van der Waals surface area contributed by atoms with Crippen molar-refractivity contribution in [2.45, 2.75) is 38.0 Å². The predicted molar refractivity (Wildman–Crippen MR) is 103 cm³/mol. The van der Waals surface area contributed by atoms with Crippen LogP contribution in [-0.4, -0.2) is 32.0 Å². The van der Waals surface area contributed by atoms with Crippen molar-refractivity contribution in [2.75, 3.05) is 18.6 Å². The second-order valence-electron chi connectivity index (χ2n) is 6.14. The van der Waals surface area contributed by atoms with Crippen LogP contribution in [0, 0.1) is 25.2 Å². The van der Waals surface area contributed by atoms with E-state index >= 15 is 0 Å². The molecule has 0 aliphatic carbocycles. The summed E-state index contributed by atoms with van der Waals surface area (Å²) in [4.78, 5) is 5.40. The molecule has 2 aromatic rings. The molecular formula is C18H23N3O2S2. The van der Waals surface area contributed by atoms with Gasteiger partial charge in [-0.15, -0.1) is 11.8 Å². The molecule has 0 atom stereocenters. The van der Waals surface area contributed by atoms with Crippen LogP contribution in [0.25, 0.3) is 10.9 Å². The SMILES string of the molecule is Cc1cc2ncc(C#N)c(SCCCCCNS(C)(=O)=O)c2cc1C. The summed E-state index contributed by atoms with van der Waals surface area (Å²) in [6.45, 7) is 4.60. The van der Waals surface area contributed by atoms with Crippen LogP contribution < -0.4 is 4.72 Å². The van der Waals surface area contributed by atoms with Gasteiger partial charge in [-0.1, -0.05) is 6.42 Å². The molecule has 0 bridgehead atoms. The van der Waals surface area contributed by atoms with Crippen LogP contribution in [0.1, 0.15) is 36.0 Å². The summed E-state index contributed by atoms with van der Waals surface area (Å²) in [6.07, 6.45) is 5.54. The van der Waals surface area contributed by atoms with Crippen LogP contribution in [0.15, 0.2) is 23.2 Å². The maximum absolute atomic E-state index is 11.0. The van der Waals surface area contributed by atoms with Gasteiger partial charge in [0.25, 0.3) is 0 Å². The fourth-order valence-corrected chi connectivity index (χ4v) is 4.14. The standard InChI is InChI=1S/C18H23N3O2S2/c1-13-9-16-17(10-14(13)2)20-12-15(11-19)18(16)24-8-6-4-5-7-21-25(3,22)23/h9-10,12,21H,4-8H2,1-3H3. The van der Waals surface area contributed by atoms with Gasteiger partial charge >= 0.3 is 0 Å². The first-order valence-electron chi connectivity index (χ1n) is 8.19. The molecule has 0 aliphatic rings. The Morgan fingerprint density at radius 1 is 1.20 bits per heavy atom. The van der Waals surface area contributed by atoms with Crippen molar-refractivity contribution in [1.29, 1.82) is 5.26 Å². The Morgan fingerprint density at radius 2 is 1.92 bits per heavy atom. The summed E-state index contributed by atoms with van der Waals surface area (Å²) in [5, 5.41) is 10.4. The van der Waals surface area contributed by atoms with E-state index in [-0.39, 0.29) is 0 Å². The highest BCUT2D eigenvalue weighted by Gasteiger charge is 2.11. The second-order valence-corrected chi connectivity index (χ2v) is 9.08. The van der Waals surface area contributed by atoms with Crippen LogP contribution in [0.5, 0.6) is 0 Å². The first kappa shape index (κ1) is 19.7. The average Bonchev–Trinajstić information content (AvgIpc) is 2.54. The number of aromatic nitrogens is 1. The number of thioether (sulfide) groups is 1. The van der Waals surface area contributed by atoms with E-state index in [0.29, 0.717) is 12.1 Å². The molecule has 25 heavy (non-hydrogen) atoms. The third kappa shape index (κ3) is 5.70. The number of fused-ring (bicyclic) bond motifs is 1. The van der Waals surface area contributed by atoms with Gasteiger partial charge in [-0.25, -0.2) is 13.1 Å². The number of hydrogen-bond acceptors (Lipinski definition) is 5. The molecule has 0 saturated carbocycles. The number of sulfonamides is 1. The van der Waals surface area contributed by atoms with Gasteiger partial charge in [-0.2, -0.15) is 5.26 Å². The van der Waals surface area contributed by atoms with Crippen molar-refractivity contribution in [3.8, 4) is 6.07 Å². The summed E-state index contributed by atoms with van der Waals surface area (Å²) in [5.74, 6) is 0.888. The number of rotatable bonds is 8. The predicted octanol–water partition coefficient (Wildman–Crippen LogP) is 3.53. The van der Waals surface area contributed by atoms with E-state index in [9.17, 15) is 13.7 Å². The number of aryl methyl sites for hydroxylation is 2. The first-order valence-corrected chi connectivity index (χ1v) is 11.1. The number of benzene rings is 1. The van der Waals surface area contributed by atoms with Gasteiger partial charge in [0.15, 0.2) is 0 Å². The minimum absolute atomic E-state index is 0.476. The quantitative estimate of drug-likeness (QED) is 0.562. The third-order valence-electron chi connectivity index (χ3n) is 3.99. The highest BCUT2D eigenvalue weighted by atomic mass is 32.2. The monoisotopic (exact) mass is 377 g/mol. The Bertz CT molecular complexity index is 903. The molecule has 0 spiro atoms. The van der Waals surface area contributed by atoms with Crippen LogP contribution in [0.2, 0.25) is 0 Å². The van der Waals surface area contributed by atoms with Gasteiger partial charge in [-0.3, -0.25) is 4.98 Å². The molecule has 0 saturated heterocycles. The number of nitrogens with one attached hydrogen (secondary N) is 1. The average molecular weight is 378 g/mol. The molecule has 1 aromatic heterocycles. The van der Waals surface area contributed by atoms with E-state index in [1.54, 1.807) is 18.0 Å². The number of unbranched alkanes of at least 4 members (excludes halogenated alkanes) is 2. The Morgan fingerprint density at radius 3 is 2.60 bits per heavy atom. The zero-order valence-corrected chi connectivity index (χ0v) is 16.4. The van der Waals surface area contributed by atoms with Gasteiger partial charge in [0.1, 0.15) is 6.07 Å². The summed E-state index contributed by atoms with van der Waals surface area (Å²) in [6, 6.07) is 6.41. The zero-order valence-electron chi connectivity index (χ0n) is 14.8. The molecule has 1 aromatic carbocycles. The minimum Gasteiger partial charge on any atom is -0.255 e. The van der Waals surface area contributed by atoms with Gasteiger partial charge in [0.05, 0.1) is 17.3 Å². The van der Waals surface area contributed by atoms with Crippen molar-refractivity contribution >= 4 is 32.7 Å². The van der Waals surface area contributed by atoms with Gasteiger partial charge in [0.2, 0.25) is 10.0 Å². The van der Waals surface area contributed by atoms with Crippen molar-refractivity contribution < 1.29 is 8.42 Å². The zero-order chi connectivity index (χ0) is 18.4. The number of nitriles is 1. The molecular weight excluding hydrogens is 354 g/mol. The molecule has 7 heteroatoms. The molecule has 134 valence electrons. The van der Waals surface area contributed by atoms with E-state index in [0.717, 1.165) is 40.8 Å². The normalized spacial score (nSPS) is 11.6. The molecule has 0 aliphatic heterocycles. The summed E-state index contributed by atoms with van der Waals surface area (Å²) >= 11 is 1.68. The van der Waals surface area contributed by atoms with Crippen molar-refractivity contribution in [3.63, 3.8) is 0 Å². The van der Waals surface area contributed by atoms with Gasteiger partial charge in [-0.05, 0) is 55.7 Å².